The summed E-state index contributed by atoms with van der Waals surface area (Å²) < 4.78 is 0. The quantitative estimate of drug-likeness (QED) is 0.310. The smallest absolute Gasteiger partial charge is 0.278 e. The lowest BCUT2D eigenvalue weighted by Gasteiger charge is -2.16. The Balaban J connectivity index is 1.33. The van der Waals surface area contributed by atoms with Crippen LogP contribution in [0.15, 0.2) is 83.5 Å². The Hall–Kier alpha value is -3.61. The number of halogens is 2. The summed E-state index contributed by atoms with van der Waals surface area (Å²) in [5.41, 5.74) is 4.01. The number of rotatable bonds is 10. The van der Waals surface area contributed by atoms with Gasteiger partial charge in [-0.25, -0.2) is 0 Å². The molecule has 0 aromatic heterocycles. The molecule has 0 bridgehead atoms. The summed E-state index contributed by atoms with van der Waals surface area (Å²) in [6.45, 7) is 2.45. The largest absolute Gasteiger partial charge is 0.375 e. The number of aryl methyl sites for hydroxylation is 1. The van der Waals surface area contributed by atoms with Crippen LogP contribution in [0.5, 0.6) is 0 Å². The second kappa shape index (κ2) is 12.1. The van der Waals surface area contributed by atoms with E-state index in [1.165, 1.54) is 5.56 Å². The van der Waals surface area contributed by atoms with E-state index in [1.807, 2.05) is 24.3 Å². The molecule has 37 heavy (non-hydrogen) atoms. The lowest BCUT2D eigenvalue weighted by Crippen LogP contribution is -2.33. The van der Waals surface area contributed by atoms with Crippen LogP contribution in [0.1, 0.15) is 46.8 Å². The Morgan fingerprint density at radius 1 is 0.865 bits per heavy atom. The third-order valence-corrected chi connectivity index (χ3v) is 6.83. The van der Waals surface area contributed by atoms with Crippen LogP contribution in [0, 0.1) is 0 Å². The van der Waals surface area contributed by atoms with Gasteiger partial charge in [0.25, 0.3) is 17.7 Å². The van der Waals surface area contributed by atoms with E-state index < -0.39 is 11.8 Å². The normalized spacial score (nSPS) is 13.3. The number of carbonyl (C=O) groups excluding carboxylic acids is 3. The highest BCUT2D eigenvalue weighted by Crippen LogP contribution is 2.26. The first-order chi connectivity index (χ1) is 17.9. The number of imide groups is 1. The molecule has 0 atom stereocenters. The standard InChI is InChI=1S/C29H27Cl2N3O3/c1-2-3-6-19-11-15-23(16-12-19)33-27(35)21-13-9-20(10-14-21)17-32-26-25(31)28(36)34(29(26)37)18-22-7-4-5-8-24(22)30/h4-5,7-16,32H,2-3,6,17-18H2,1H3,(H,33,35). The van der Waals surface area contributed by atoms with E-state index in [2.05, 4.69) is 17.6 Å². The van der Waals surface area contributed by atoms with E-state index in [1.54, 1.807) is 48.5 Å². The maximum Gasteiger partial charge on any atom is 0.278 e. The minimum atomic E-state index is -0.570. The van der Waals surface area contributed by atoms with Crippen molar-refractivity contribution in [3.63, 3.8) is 0 Å². The number of nitrogens with zero attached hydrogens (tertiary/aromatic N) is 1. The summed E-state index contributed by atoms with van der Waals surface area (Å²) in [5.74, 6) is -1.29. The molecule has 6 nitrogen and oxygen atoms in total. The molecule has 0 spiro atoms. The average molecular weight is 536 g/mol. The Kier molecular flexibility index (Phi) is 8.64. The van der Waals surface area contributed by atoms with Gasteiger partial charge in [0.1, 0.15) is 10.7 Å². The number of carbonyl (C=O) groups is 3. The predicted molar refractivity (Wildman–Crippen MR) is 146 cm³/mol. The number of nitrogens with one attached hydrogen (secondary N) is 2. The number of unbranched alkanes of at least 4 members (excludes halogenated alkanes) is 1. The number of amides is 3. The Labute approximate surface area is 226 Å². The SMILES string of the molecule is CCCCc1ccc(NC(=O)c2ccc(CNC3=C(Cl)C(=O)N(Cc4ccccc4Cl)C3=O)cc2)cc1. The Morgan fingerprint density at radius 2 is 1.54 bits per heavy atom. The van der Waals surface area contributed by atoms with Crippen LogP contribution in [0.2, 0.25) is 5.02 Å². The second-order valence-electron chi connectivity index (χ2n) is 8.78. The summed E-state index contributed by atoms with van der Waals surface area (Å²) in [4.78, 5) is 39.1. The van der Waals surface area contributed by atoms with Gasteiger partial charge in [-0.2, -0.15) is 0 Å². The van der Waals surface area contributed by atoms with Crippen molar-refractivity contribution in [3.05, 3.63) is 111 Å². The van der Waals surface area contributed by atoms with Crippen LogP contribution in [-0.2, 0) is 29.1 Å². The third kappa shape index (κ3) is 6.40. The van der Waals surface area contributed by atoms with Crippen LogP contribution in [-0.4, -0.2) is 22.6 Å². The van der Waals surface area contributed by atoms with E-state index in [-0.39, 0.29) is 29.7 Å². The van der Waals surface area contributed by atoms with Gasteiger partial charge in [-0.3, -0.25) is 19.3 Å². The molecule has 3 aromatic rings. The Morgan fingerprint density at radius 3 is 2.22 bits per heavy atom. The van der Waals surface area contributed by atoms with Crippen molar-refractivity contribution in [3.8, 4) is 0 Å². The maximum atomic E-state index is 12.9. The van der Waals surface area contributed by atoms with Gasteiger partial charge in [0, 0.05) is 22.8 Å². The van der Waals surface area contributed by atoms with Crippen molar-refractivity contribution in [2.24, 2.45) is 0 Å². The highest BCUT2D eigenvalue weighted by Gasteiger charge is 2.37. The molecule has 0 aliphatic carbocycles. The van der Waals surface area contributed by atoms with Crippen molar-refractivity contribution in [2.75, 3.05) is 5.32 Å². The number of benzene rings is 3. The van der Waals surface area contributed by atoms with Crippen molar-refractivity contribution in [2.45, 2.75) is 39.3 Å². The highest BCUT2D eigenvalue weighted by atomic mass is 35.5. The van der Waals surface area contributed by atoms with Crippen molar-refractivity contribution in [1.82, 2.24) is 10.2 Å². The first-order valence-corrected chi connectivity index (χ1v) is 12.9. The molecule has 1 aliphatic rings. The summed E-state index contributed by atoms with van der Waals surface area (Å²) in [6.07, 6.45) is 3.31. The molecule has 8 heteroatoms. The number of hydrogen-bond acceptors (Lipinski definition) is 4. The van der Waals surface area contributed by atoms with Gasteiger partial charge in [0.15, 0.2) is 0 Å². The zero-order valence-corrected chi connectivity index (χ0v) is 21.9. The fraction of sp³-hybridized carbons (Fsp3) is 0.207. The average Bonchev–Trinajstić information content (AvgIpc) is 3.11. The van der Waals surface area contributed by atoms with Gasteiger partial charge in [0.05, 0.1) is 6.54 Å². The van der Waals surface area contributed by atoms with E-state index in [4.69, 9.17) is 23.2 Å². The van der Waals surface area contributed by atoms with Gasteiger partial charge in [0.2, 0.25) is 0 Å². The van der Waals surface area contributed by atoms with Crippen LogP contribution >= 0.6 is 23.2 Å². The third-order valence-electron chi connectivity index (χ3n) is 6.11. The molecule has 0 unspecified atom stereocenters. The zero-order chi connectivity index (χ0) is 26.4. The van der Waals surface area contributed by atoms with Crippen molar-refractivity contribution < 1.29 is 14.4 Å². The van der Waals surface area contributed by atoms with Crippen LogP contribution in [0.4, 0.5) is 5.69 Å². The van der Waals surface area contributed by atoms with Crippen LogP contribution in [0.25, 0.3) is 0 Å². The molecular formula is C29H27Cl2N3O3. The first-order valence-electron chi connectivity index (χ1n) is 12.1. The highest BCUT2D eigenvalue weighted by molar-refractivity contribution is 6.47. The number of anilines is 1. The molecule has 2 N–H and O–H groups in total. The maximum absolute atomic E-state index is 12.9. The first kappa shape index (κ1) is 26.5. The van der Waals surface area contributed by atoms with Gasteiger partial charge in [-0.1, -0.05) is 79.0 Å². The van der Waals surface area contributed by atoms with Crippen LogP contribution in [0.3, 0.4) is 0 Å². The zero-order valence-electron chi connectivity index (χ0n) is 20.4. The van der Waals surface area contributed by atoms with E-state index >= 15 is 0 Å². The van der Waals surface area contributed by atoms with Crippen molar-refractivity contribution >= 4 is 46.6 Å². The second-order valence-corrected chi connectivity index (χ2v) is 9.57. The minimum Gasteiger partial charge on any atom is -0.375 e. The molecule has 3 aromatic carbocycles. The molecule has 190 valence electrons. The molecule has 1 aliphatic heterocycles. The predicted octanol–water partition coefficient (Wildman–Crippen LogP) is 6.04. The molecule has 4 rings (SSSR count). The monoisotopic (exact) mass is 535 g/mol. The summed E-state index contributed by atoms with van der Waals surface area (Å²) in [6, 6.07) is 21.9. The van der Waals surface area contributed by atoms with Gasteiger partial charge < -0.3 is 10.6 Å². The number of hydrogen-bond donors (Lipinski definition) is 2. The van der Waals surface area contributed by atoms with Gasteiger partial charge in [-0.15, -0.1) is 0 Å². The van der Waals surface area contributed by atoms with Gasteiger partial charge in [-0.05, 0) is 59.9 Å². The van der Waals surface area contributed by atoms with Gasteiger partial charge >= 0.3 is 0 Å². The molecule has 0 saturated carbocycles. The molecule has 1 heterocycles. The molecule has 0 saturated heterocycles. The lowest BCUT2D eigenvalue weighted by molar-refractivity contribution is -0.138. The van der Waals surface area contributed by atoms with E-state index in [9.17, 15) is 14.4 Å². The molecular weight excluding hydrogens is 509 g/mol. The fourth-order valence-electron chi connectivity index (χ4n) is 3.94. The molecule has 0 radical (unpaired) electrons. The topological polar surface area (TPSA) is 78.5 Å². The van der Waals surface area contributed by atoms with E-state index in [0.29, 0.717) is 16.1 Å². The summed E-state index contributed by atoms with van der Waals surface area (Å²) in [5, 5.41) is 6.18. The lowest BCUT2D eigenvalue weighted by atomic mass is 10.1. The molecule has 0 fully saturated rings. The molecule has 3 amide bonds. The fourth-order valence-corrected chi connectivity index (χ4v) is 4.39. The summed E-state index contributed by atoms with van der Waals surface area (Å²) >= 11 is 12.4. The minimum absolute atomic E-state index is 0.0318. The van der Waals surface area contributed by atoms with Crippen LogP contribution < -0.4 is 10.6 Å². The van der Waals surface area contributed by atoms with Crippen molar-refractivity contribution in [1.29, 1.82) is 0 Å². The van der Waals surface area contributed by atoms with E-state index in [0.717, 1.165) is 35.4 Å². The summed E-state index contributed by atoms with van der Waals surface area (Å²) in [7, 11) is 0. The Bertz CT molecular complexity index is 1340.